The molecule has 0 aromatic carbocycles. The Morgan fingerprint density at radius 3 is 2.82 bits per heavy atom. The van der Waals surface area contributed by atoms with Crippen LogP contribution in [-0.2, 0) is 9.53 Å². The summed E-state index contributed by atoms with van der Waals surface area (Å²) in [6.45, 7) is 1.61. The maximum Gasteiger partial charge on any atom is 0.306 e. The smallest absolute Gasteiger partial charge is 0.306 e. The van der Waals surface area contributed by atoms with Crippen LogP contribution >= 0.6 is 0 Å². The predicted molar refractivity (Wildman–Crippen MR) is 38.2 cm³/mol. The molecule has 3 atom stereocenters. The minimum absolute atomic E-state index is 0.0540. The highest BCUT2D eigenvalue weighted by Crippen LogP contribution is 2.47. The minimum atomic E-state index is -0.623. The molecular weight excluding hydrogens is 144 g/mol. The number of carboxylic acids is 1. The number of hydrogen-bond acceptors (Lipinski definition) is 2. The van der Waals surface area contributed by atoms with Crippen LogP contribution in [0.2, 0.25) is 0 Å². The van der Waals surface area contributed by atoms with Crippen LogP contribution in [0.3, 0.4) is 0 Å². The lowest BCUT2D eigenvalue weighted by Gasteiger charge is -2.02. The van der Waals surface area contributed by atoms with Crippen LogP contribution < -0.4 is 0 Å². The zero-order chi connectivity index (χ0) is 7.84. The molecule has 1 saturated carbocycles. The minimum Gasteiger partial charge on any atom is -0.481 e. The topological polar surface area (TPSA) is 46.5 Å². The third-order valence-corrected chi connectivity index (χ3v) is 2.73. The molecule has 62 valence electrons. The van der Waals surface area contributed by atoms with Gasteiger partial charge in [0, 0.05) is 13.2 Å². The first-order chi connectivity index (χ1) is 5.29. The lowest BCUT2D eigenvalue weighted by Crippen LogP contribution is -2.08. The van der Waals surface area contributed by atoms with Crippen LogP contribution in [0.25, 0.3) is 0 Å². The highest BCUT2D eigenvalue weighted by atomic mass is 16.5. The zero-order valence-corrected chi connectivity index (χ0v) is 6.32. The SMILES string of the molecule is O=C(O)[C@@H]1C[C@H]1[C@@H]1CCOC1. The number of ether oxygens (including phenoxy) is 1. The highest BCUT2D eigenvalue weighted by Gasteiger charge is 2.48. The van der Waals surface area contributed by atoms with Gasteiger partial charge in [-0.3, -0.25) is 4.79 Å². The van der Waals surface area contributed by atoms with Gasteiger partial charge in [-0.25, -0.2) is 0 Å². The summed E-state index contributed by atoms with van der Waals surface area (Å²) in [5.74, 6) is 0.287. The Bertz CT molecular complexity index is 172. The van der Waals surface area contributed by atoms with Crippen LogP contribution in [0.15, 0.2) is 0 Å². The van der Waals surface area contributed by atoms with E-state index < -0.39 is 5.97 Å². The fourth-order valence-corrected chi connectivity index (χ4v) is 1.91. The Morgan fingerprint density at radius 1 is 1.55 bits per heavy atom. The van der Waals surface area contributed by atoms with E-state index in [4.69, 9.17) is 9.84 Å². The fraction of sp³-hybridized carbons (Fsp3) is 0.875. The van der Waals surface area contributed by atoms with Gasteiger partial charge in [-0.15, -0.1) is 0 Å². The summed E-state index contributed by atoms with van der Waals surface area (Å²) >= 11 is 0. The van der Waals surface area contributed by atoms with Gasteiger partial charge in [0.05, 0.1) is 5.92 Å². The van der Waals surface area contributed by atoms with Crippen molar-refractivity contribution in [3.05, 3.63) is 0 Å². The fourth-order valence-electron chi connectivity index (χ4n) is 1.91. The molecule has 0 amide bonds. The molecule has 1 N–H and O–H groups in total. The van der Waals surface area contributed by atoms with Gasteiger partial charge in [0.25, 0.3) is 0 Å². The molecule has 0 aromatic rings. The van der Waals surface area contributed by atoms with Crippen LogP contribution in [-0.4, -0.2) is 24.3 Å². The van der Waals surface area contributed by atoms with Crippen LogP contribution in [0.4, 0.5) is 0 Å². The van der Waals surface area contributed by atoms with Gasteiger partial charge in [0.2, 0.25) is 0 Å². The van der Waals surface area contributed by atoms with Crippen molar-refractivity contribution in [2.24, 2.45) is 17.8 Å². The molecule has 0 bridgehead atoms. The Labute approximate surface area is 65.4 Å². The molecular formula is C8H12O3. The van der Waals surface area contributed by atoms with Crippen molar-refractivity contribution >= 4 is 5.97 Å². The second kappa shape index (κ2) is 2.48. The molecule has 1 aliphatic carbocycles. The quantitative estimate of drug-likeness (QED) is 0.641. The normalized spacial score (nSPS) is 42.4. The Kier molecular flexibility index (Phi) is 1.60. The number of carbonyl (C=O) groups is 1. The van der Waals surface area contributed by atoms with E-state index >= 15 is 0 Å². The lowest BCUT2D eigenvalue weighted by molar-refractivity contribution is -0.139. The summed E-state index contributed by atoms with van der Waals surface area (Å²) in [7, 11) is 0. The Hall–Kier alpha value is -0.570. The van der Waals surface area contributed by atoms with Crippen LogP contribution in [0.1, 0.15) is 12.8 Å². The van der Waals surface area contributed by atoms with Crippen molar-refractivity contribution in [2.75, 3.05) is 13.2 Å². The van der Waals surface area contributed by atoms with Crippen molar-refractivity contribution in [1.29, 1.82) is 0 Å². The van der Waals surface area contributed by atoms with E-state index in [0.29, 0.717) is 11.8 Å². The first kappa shape index (κ1) is 7.10. The second-order valence-electron chi connectivity index (χ2n) is 3.47. The standard InChI is InChI=1S/C8H12O3/c9-8(10)7-3-6(7)5-1-2-11-4-5/h5-7H,1-4H2,(H,9,10)/t5-,6+,7-/m1/s1. The van der Waals surface area contributed by atoms with E-state index in [2.05, 4.69) is 0 Å². The molecule has 11 heavy (non-hydrogen) atoms. The summed E-state index contributed by atoms with van der Waals surface area (Å²) in [4.78, 5) is 10.5. The zero-order valence-electron chi connectivity index (χ0n) is 6.32. The molecule has 2 rings (SSSR count). The molecule has 3 nitrogen and oxygen atoms in total. The van der Waals surface area contributed by atoms with Crippen molar-refractivity contribution < 1.29 is 14.6 Å². The number of rotatable bonds is 2. The van der Waals surface area contributed by atoms with Gasteiger partial charge in [-0.2, -0.15) is 0 Å². The summed E-state index contributed by atoms with van der Waals surface area (Å²) < 4.78 is 5.19. The van der Waals surface area contributed by atoms with Crippen molar-refractivity contribution in [3.63, 3.8) is 0 Å². The molecule has 1 heterocycles. The molecule has 0 unspecified atom stereocenters. The van der Waals surface area contributed by atoms with E-state index in [1.165, 1.54) is 0 Å². The van der Waals surface area contributed by atoms with E-state index in [1.807, 2.05) is 0 Å². The third kappa shape index (κ3) is 1.25. The van der Waals surface area contributed by atoms with Gasteiger partial charge in [-0.05, 0) is 24.7 Å². The van der Waals surface area contributed by atoms with Gasteiger partial charge < -0.3 is 9.84 Å². The monoisotopic (exact) mass is 156 g/mol. The first-order valence-electron chi connectivity index (χ1n) is 4.09. The molecule has 3 heteroatoms. The molecule has 0 radical (unpaired) electrons. The van der Waals surface area contributed by atoms with Crippen LogP contribution in [0, 0.1) is 17.8 Å². The van der Waals surface area contributed by atoms with Crippen molar-refractivity contribution in [3.8, 4) is 0 Å². The van der Waals surface area contributed by atoms with Crippen molar-refractivity contribution in [2.45, 2.75) is 12.8 Å². The number of carboxylic acid groups (broad SMARTS) is 1. The lowest BCUT2D eigenvalue weighted by atomic mass is 10.0. The van der Waals surface area contributed by atoms with E-state index in [1.54, 1.807) is 0 Å². The van der Waals surface area contributed by atoms with E-state index in [-0.39, 0.29) is 5.92 Å². The third-order valence-electron chi connectivity index (χ3n) is 2.73. The van der Waals surface area contributed by atoms with Gasteiger partial charge in [-0.1, -0.05) is 0 Å². The maximum atomic E-state index is 10.5. The highest BCUT2D eigenvalue weighted by molar-refractivity contribution is 5.73. The Morgan fingerprint density at radius 2 is 2.36 bits per heavy atom. The second-order valence-corrected chi connectivity index (χ2v) is 3.47. The molecule has 0 aromatic heterocycles. The maximum absolute atomic E-state index is 10.5. The van der Waals surface area contributed by atoms with Gasteiger partial charge >= 0.3 is 5.97 Å². The average molecular weight is 156 g/mol. The Balaban J connectivity index is 1.85. The summed E-state index contributed by atoms with van der Waals surface area (Å²) in [6.07, 6.45) is 1.94. The van der Waals surface area contributed by atoms with Gasteiger partial charge in [0.15, 0.2) is 0 Å². The predicted octanol–water partition coefficient (Wildman–Crippen LogP) is 0.744. The van der Waals surface area contributed by atoms with Crippen LogP contribution in [0.5, 0.6) is 0 Å². The van der Waals surface area contributed by atoms with E-state index in [9.17, 15) is 4.79 Å². The molecule has 2 fully saturated rings. The van der Waals surface area contributed by atoms with Gasteiger partial charge in [0.1, 0.15) is 0 Å². The molecule has 1 saturated heterocycles. The summed E-state index contributed by atoms with van der Waals surface area (Å²) in [5, 5.41) is 8.64. The summed E-state index contributed by atoms with van der Waals surface area (Å²) in [6, 6.07) is 0. The van der Waals surface area contributed by atoms with E-state index in [0.717, 1.165) is 26.1 Å². The first-order valence-corrected chi connectivity index (χ1v) is 4.09. The number of aliphatic carboxylic acids is 1. The largest absolute Gasteiger partial charge is 0.481 e. The molecule has 0 spiro atoms. The number of hydrogen-bond donors (Lipinski definition) is 1. The van der Waals surface area contributed by atoms with Crippen molar-refractivity contribution in [1.82, 2.24) is 0 Å². The summed E-state index contributed by atoms with van der Waals surface area (Å²) in [5.41, 5.74) is 0. The average Bonchev–Trinajstić information content (AvgIpc) is 2.60. The molecule has 2 aliphatic rings. The molecule has 1 aliphatic heterocycles.